The molecule has 0 saturated carbocycles. The Balaban J connectivity index is 1.74. The predicted molar refractivity (Wildman–Crippen MR) is 103 cm³/mol. The molecule has 0 aliphatic carbocycles. The average Bonchev–Trinajstić information content (AvgIpc) is 2.89. The second kappa shape index (κ2) is 7.62. The second-order valence-electron chi connectivity index (χ2n) is 7.40. The van der Waals surface area contributed by atoms with Crippen LogP contribution in [0.1, 0.15) is 37.8 Å². The van der Waals surface area contributed by atoms with Crippen molar-refractivity contribution in [3.63, 3.8) is 0 Å². The minimum absolute atomic E-state index is 0.0213. The molecule has 0 spiro atoms. The van der Waals surface area contributed by atoms with Gasteiger partial charge in [-0.2, -0.15) is 0 Å². The number of halogens is 2. The maximum Gasteiger partial charge on any atom is 0.325 e. The van der Waals surface area contributed by atoms with E-state index in [4.69, 9.17) is 0 Å². The predicted octanol–water partition coefficient (Wildman–Crippen LogP) is 3.49. The van der Waals surface area contributed by atoms with Gasteiger partial charge in [0.15, 0.2) is 11.6 Å². The van der Waals surface area contributed by atoms with E-state index in [-0.39, 0.29) is 5.69 Å². The number of nitrogens with one attached hydrogen (secondary N) is 2. The van der Waals surface area contributed by atoms with Gasteiger partial charge in [-0.05, 0) is 36.1 Å². The number of hydrogen-bond donors (Lipinski definition) is 2. The minimum Gasteiger partial charge on any atom is -0.324 e. The van der Waals surface area contributed by atoms with Crippen molar-refractivity contribution in [1.82, 2.24) is 10.2 Å². The van der Waals surface area contributed by atoms with Gasteiger partial charge >= 0.3 is 6.03 Å². The van der Waals surface area contributed by atoms with Crippen LogP contribution in [0.15, 0.2) is 42.5 Å². The molecule has 1 aliphatic rings. The molecule has 2 aromatic rings. The van der Waals surface area contributed by atoms with Gasteiger partial charge in [-0.15, -0.1) is 0 Å². The molecule has 8 heteroatoms. The molecule has 1 atom stereocenters. The Morgan fingerprint density at radius 1 is 1.10 bits per heavy atom. The molecule has 0 unspecified atom stereocenters. The molecule has 4 amide bonds. The summed E-state index contributed by atoms with van der Waals surface area (Å²) in [7, 11) is 0. The number of urea groups is 1. The lowest BCUT2D eigenvalue weighted by atomic mass is 9.90. The average molecular weight is 401 g/mol. The second-order valence-corrected chi connectivity index (χ2v) is 7.40. The first kappa shape index (κ1) is 20.4. The van der Waals surface area contributed by atoms with Crippen molar-refractivity contribution in [3.05, 3.63) is 65.2 Å². The van der Waals surface area contributed by atoms with Gasteiger partial charge in [-0.1, -0.05) is 38.1 Å². The first-order valence-corrected chi connectivity index (χ1v) is 9.11. The van der Waals surface area contributed by atoms with Gasteiger partial charge < -0.3 is 10.6 Å². The number of hydrogen-bond acceptors (Lipinski definition) is 3. The maximum atomic E-state index is 13.3. The van der Waals surface area contributed by atoms with Crippen LogP contribution < -0.4 is 10.6 Å². The lowest BCUT2D eigenvalue weighted by molar-refractivity contribution is -0.133. The third kappa shape index (κ3) is 3.96. The normalized spacial score (nSPS) is 18.9. The van der Waals surface area contributed by atoms with Gasteiger partial charge in [-0.25, -0.2) is 13.6 Å². The summed E-state index contributed by atoms with van der Waals surface area (Å²) in [5.41, 5.74) is 0.420. The molecule has 29 heavy (non-hydrogen) atoms. The van der Waals surface area contributed by atoms with E-state index in [1.54, 1.807) is 19.1 Å². The third-order valence-electron chi connectivity index (χ3n) is 4.93. The van der Waals surface area contributed by atoms with Crippen LogP contribution in [0.4, 0.5) is 19.3 Å². The van der Waals surface area contributed by atoms with Crippen molar-refractivity contribution < 1.29 is 23.2 Å². The number of carbonyl (C=O) groups excluding carboxylic acids is 3. The number of rotatable bonds is 5. The molecule has 1 fully saturated rings. The molecule has 6 nitrogen and oxygen atoms in total. The first-order valence-electron chi connectivity index (χ1n) is 9.11. The van der Waals surface area contributed by atoms with Gasteiger partial charge in [-0.3, -0.25) is 14.5 Å². The third-order valence-corrected chi connectivity index (χ3v) is 4.93. The summed E-state index contributed by atoms with van der Waals surface area (Å²) < 4.78 is 26.3. The van der Waals surface area contributed by atoms with Crippen LogP contribution in [0.5, 0.6) is 0 Å². The molecule has 3 rings (SSSR count). The molecule has 0 aromatic heterocycles. The highest BCUT2D eigenvalue weighted by molar-refractivity contribution is 6.10. The Kier molecular flexibility index (Phi) is 5.37. The Morgan fingerprint density at radius 2 is 1.76 bits per heavy atom. The summed E-state index contributed by atoms with van der Waals surface area (Å²) in [6.07, 6.45) is 0. The quantitative estimate of drug-likeness (QED) is 0.753. The topological polar surface area (TPSA) is 78.5 Å². The van der Waals surface area contributed by atoms with E-state index in [0.29, 0.717) is 11.5 Å². The largest absolute Gasteiger partial charge is 0.325 e. The van der Waals surface area contributed by atoms with Crippen LogP contribution in [0.3, 0.4) is 0 Å². The van der Waals surface area contributed by atoms with Crippen LogP contribution in [-0.2, 0) is 15.1 Å². The standard InChI is InChI=1S/C21H21F2N3O3/c1-12(2)13-4-6-14(7-5-13)21(3)19(28)26(20(29)25-21)11-18(27)24-15-8-9-16(22)17(23)10-15/h4-10,12H,11H2,1-3H3,(H,24,27)(H,25,29)/t21-/m1/s1. The van der Waals surface area contributed by atoms with Crippen molar-refractivity contribution in [3.8, 4) is 0 Å². The Hall–Kier alpha value is -3.29. The fourth-order valence-electron chi connectivity index (χ4n) is 3.16. The van der Waals surface area contributed by atoms with Crippen molar-refractivity contribution in [2.45, 2.75) is 32.2 Å². The van der Waals surface area contributed by atoms with E-state index in [2.05, 4.69) is 10.6 Å². The van der Waals surface area contributed by atoms with Gasteiger partial charge in [0.05, 0.1) is 0 Å². The molecule has 1 saturated heterocycles. The lowest BCUT2D eigenvalue weighted by Crippen LogP contribution is -2.42. The van der Waals surface area contributed by atoms with Crippen LogP contribution in [0.25, 0.3) is 0 Å². The van der Waals surface area contributed by atoms with E-state index < -0.39 is 41.6 Å². The number of nitrogens with zero attached hydrogens (tertiary/aromatic N) is 1. The van der Waals surface area contributed by atoms with Crippen molar-refractivity contribution >= 4 is 23.5 Å². The summed E-state index contributed by atoms with van der Waals surface area (Å²) in [5.74, 6) is -3.12. The highest BCUT2D eigenvalue weighted by atomic mass is 19.2. The van der Waals surface area contributed by atoms with E-state index in [1.165, 1.54) is 6.07 Å². The molecule has 1 aliphatic heterocycles. The summed E-state index contributed by atoms with van der Waals surface area (Å²) in [6.45, 7) is 5.12. The van der Waals surface area contributed by atoms with Crippen LogP contribution in [0, 0.1) is 11.6 Å². The number of imide groups is 1. The van der Waals surface area contributed by atoms with Gasteiger partial charge in [0.2, 0.25) is 5.91 Å². The lowest BCUT2D eigenvalue weighted by Gasteiger charge is -2.22. The highest BCUT2D eigenvalue weighted by Gasteiger charge is 2.49. The van der Waals surface area contributed by atoms with Crippen molar-refractivity contribution in [2.24, 2.45) is 0 Å². The number of benzene rings is 2. The van der Waals surface area contributed by atoms with Crippen molar-refractivity contribution in [1.29, 1.82) is 0 Å². The van der Waals surface area contributed by atoms with Crippen molar-refractivity contribution in [2.75, 3.05) is 11.9 Å². The molecular formula is C21H21F2N3O3. The van der Waals surface area contributed by atoms with Crippen LogP contribution in [0.2, 0.25) is 0 Å². The van der Waals surface area contributed by atoms with E-state index >= 15 is 0 Å². The fraction of sp³-hybridized carbons (Fsp3) is 0.286. The molecule has 152 valence electrons. The van der Waals surface area contributed by atoms with E-state index in [0.717, 1.165) is 22.6 Å². The monoisotopic (exact) mass is 401 g/mol. The Bertz CT molecular complexity index is 976. The van der Waals surface area contributed by atoms with Gasteiger partial charge in [0.1, 0.15) is 12.1 Å². The Labute approximate surface area is 166 Å². The fourth-order valence-corrected chi connectivity index (χ4v) is 3.16. The number of amides is 4. The van der Waals surface area contributed by atoms with E-state index in [9.17, 15) is 23.2 Å². The smallest absolute Gasteiger partial charge is 0.324 e. The molecule has 2 aromatic carbocycles. The maximum absolute atomic E-state index is 13.3. The summed E-state index contributed by atoms with van der Waals surface area (Å²) in [6, 6.07) is 9.51. The number of anilines is 1. The highest BCUT2D eigenvalue weighted by Crippen LogP contribution is 2.30. The SMILES string of the molecule is CC(C)c1ccc([C@@]2(C)NC(=O)N(CC(=O)Nc3ccc(F)c(F)c3)C2=O)cc1. The molecular weight excluding hydrogens is 380 g/mol. The van der Waals surface area contributed by atoms with Crippen LogP contribution >= 0.6 is 0 Å². The summed E-state index contributed by atoms with van der Waals surface area (Å²) >= 11 is 0. The zero-order valence-corrected chi connectivity index (χ0v) is 16.3. The molecule has 2 N–H and O–H groups in total. The Morgan fingerprint density at radius 3 is 2.34 bits per heavy atom. The zero-order chi connectivity index (χ0) is 21.3. The minimum atomic E-state index is -1.30. The first-order chi connectivity index (χ1) is 13.6. The van der Waals surface area contributed by atoms with Crippen LogP contribution in [-0.4, -0.2) is 29.3 Å². The van der Waals surface area contributed by atoms with E-state index in [1.807, 2.05) is 26.0 Å². The molecule has 0 bridgehead atoms. The molecule has 1 heterocycles. The number of carbonyl (C=O) groups is 3. The summed E-state index contributed by atoms with van der Waals surface area (Å²) in [5, 5.41) is 4.97. The summed E-state index contributed by atoms with van der Waals surface area (Å²) in [4.78, 5) is 38.3. The van der Waals surface area contributed by atoms with Gasteiger partial charge in [0.25, 0.3) is 5.91 Å². The molecule has 0 radical (unpaired) electrons. The zero-order valence-electron chi connectivity index (χ0n) is 16.3. The van der Waals surface area contributed by atoms with Gasteiger partial charge in [0, 0.05) is 11.8 Å².